The Hall–Kier alpha value is -1.39. The molecule has 0 fully saturated rings. The van der Waals surface area contributed by atoms with Crippen molar-refractivity contribution in [3.05, 3.63) is 45.9 Å². The molecule has 0 aliphatic heterocycles. The average molecular weight is 276 g/mol. The largest absolute Gasteiger partial charge is 0.493 e. The lowest BCUT2D eigenvalue weighted by Gasteiger charge is -2.14. The number of hydrogen-bond acceptors (Lipinski definition) is 4. The van der Waals surface area contributed by atoms with Gasteiger partial charge in [-0.05, 0) is 38.5 Å². The van der Waals surface area contributed by atoms with E-state index in [4.69, 9.17) is 10.5 Å². The first-order valence-corrected chi connectivity index (χ1v) is 7.20. The van der Waals surface area contributed by atoms with Gasteiger partial charge in [0.2, 0.25) is 0 Å². The number of thiazole rings is 1. The zero-order valence-electron chi connectivity index (χ0n) is 11.6. The van der Waals surface area contributed by atoms with Gasteiger partial charge < -0.3 is 10.5 Å². The highest BCUT2D eigenvalue weighted by Gasteiger charge is 2.17. The van der Waals surface area contributed by atoms with E-state index in [2.05, 4.69) is 18.0 Å². The molecule has 0 aliphatic carbocycles. The molecule has 2 aromatic rings. The summed E-state index contributed by atoms with van der Waals surface area (Å²) in [6, 6.07) is 8.08. The fourth-order valence-electron chi connectivity index (χ4n) is 1.69. The summed E-state index contributed by atoms with van der Waals surface area (Å²) < 4.78 is 5.72. The molecule has 2 N–H and O–H groups in total. The summed E-state index contributed by atoms with van der Waals surface area (Å²) in [5.41, 5.74) is 6.94. The molecule has 2 rings (SSSR count). The SMILES string of the molecule is Cc1cccc(OCCc2ncc(C(C)(C)N)s2)c1. The van der Waals surface area contributed by atoms with Crippen LogP contribution in [-0.4, -0.2) is 11.6 Å². The van der Waals surface area contributed by atoms with Crippen LogP contribution in [-0.2, 0) is 12.0 Å². The van der Waals surface area contributed by atoms with Crippen molar-refractivity contribution in [1.29, 1.82) is 0 Å². The maximum absolute atomic E-state index is 6.05. The molecule has 1 heterocycles. The van der Waals surface area contributed by atoms with Gasteiger partial charge in [0, 0.05) is 23.0 Å². The molecule has 0 saturated heterocycles. The van der Waals surface area contributed by atoms with Crippen LogP contribution in [0.4, 0.5) is 0 Å². The van der Waals surface area contributed by atoms with E-state index >= 15 is 0 Å². The van der Waals surface area contributed by atoms with E-state index in [1.165, 1.54) is 5.56 Å². The summed E-state index contributed by atoms with van der Waals surface area (Å²) in [6.45, 7) is 6.69. The van der Waals surface area contributed by atoms with Gasteiger partial charge in [-0.2, -0.15) is 0 Å². The van der Waals surface area contributed by atoms with Gasteiger partial charge in [-0.3, -0.25) is 0 Å². The van der Waals surface area contributed by atoms with Crippen LogP contribution in [0.5, 0.6) is 5.75 Å². The van der Waals surface area contributed by atoms with Crippen molar-refractivity contribution in [3.8, 4) is 5.75 Å². The van der Waals surface area contributed by atoms with Crippen molar-refractivity contribution in [3.63, 3.8) is 0 Å². The van der Waals surface area contributed by atoms with Crippen molar-refractivity contribution >= 4 is 11.3 Å². The third-order valence-electron chi connectivity index (χ3n) is 2.76. The number of ether oxygens (including phenoxy) is 1. The summed E-state index contributed by atoms with van der Waals surface area (Å²) in [5.74, 6) is 0.913. The fraction of sp³-hybridized carbons (Fsp3) is 0.400. The van der Waals surface area contributed by atoms with Gasteiger partial charge in [0.1, 0.15) is 5.75 Å². The molecule has 1 aromatic heterocycles. The van der Waals surface area contributed by atoms with Gasteiger partial charge >= 0.3 is 0 Å². The quantitative estimate of drug-likeness (QED) is 0.911. The third kappa shape index (κ3) is 4.04. The Morgan fingerprint density at radius 3 is 2.79 bits per heavy atom. The van der Waals surface area contributed by atoms with E-state index in [1.807, 2.05) is 38.2 Å². The van der Waals surface area contributed by atoms with Crippen molar-refractivity contribution < 1.29 is 4.74 Å². The maximum Gasteiger partial charge on any atom is 0.119 e. The predicted molar refractivity (Wildman–Crippen MR) is 79.7 cm³/mol. The Morgan fingerprint density at radius 1 is 1.37 bits per heavy atom. The minimum Gasteiger partial charge on any atom is -0.493 e. The lowest BCUT2D eigenvalue weighted by atomic mass is 10.1. The smallest absolute Gasteiger partial charge is 0.119 e. The number of nitrogens with two attached hydrogens (primary N) is 1. The van der Waals surface area contributed by atoms with E-state index < -0.39 is 0 Å². The highest BCUT2D eigenvalue weighted by atomic mass is 32.1. The number of nitrogens with zero attached hydrogens (tertiary/aromatic N) is 1. The molecule has 102 valence electrons. The Bertz CT molecular complexity index is 543. The zero-order chi connectivity index (χ0) is 13.9. The average Bonchev–Trinajstić information content (AvgIpc) is 2.77. The number of benzene rings is 1. The van der Waals surface area contributed by atoms with Crippen LogP contribution in [0.2, 0.25) is 0 Å². The predicted octanol–water partition coefficient (Wildman–Crippen LogP) is 3.27. The monoisotopic (exact) mass is 276 g/mol. The molecule has 4 heteroatoms. The fourth-order valence-corrected chi connectivity index (χ4v) is 2.60. The Kier molecular flexibility index (Phi) is 4.22. The molecule has 1 aromatic carbocycles. The van der Waals surface area contributed by atoms with Crippen LogP contribution < -0.4 is 10.5 Å². The molecular formula is C15H20N2OS. The molecule has 0 unspecified atom stereocenters. The van der Waals surface area contributed by atoms with Crippen molar-refractivity contribution in [2.75, 3.05) is 6.61 Å². The van der Waals surface area contributed by atoms with Gasteiger partial charge in [-0.15, -0.1) is 11.3 Å². The van der Waals surface area contributed by atoms with Gasteiger partial charge in [0.25, 0.3) is 0 Å². The molecule has 0 spiro atoms. The third-order valence-corrected chi connectivity index (χ3v) is 4.16. The molecular weight excluding hydrogens is 256 g/mol. The van der Waals surface area contributed by atoms with Crippen LogP contribution in [0.15, 0.2) is 30.5 Å². The highest BCUT2D eigenvalue weighted by Crippen LogP contribution is 2.24. The summed E-state index contributed by atoms with van der Waals surface area (Å²) >= 11 is 1.66. The lowest BCUT2D eigenvalue weighted by molar-refractivity contribution is 0.321. The topological polar surface area (TPSA) is 48.1 Å². The first kappa shape index (κ1) is 14.0. The normalized spacial score (nSPS) is 11.6. The molecule has 0 amide bonds. The lowest BCUT2D eigenvalue weighted by Crippen LogP contribution is -2.27. The van der Waals surface area contributed by atoms with Crippen LogP contribution in [0.3, 0.4) is 0 Å². The number of aryl methyl sites for hydroxylation is 1. The molecule has 0 saturated carbocycles. The second-order valence-corrected chi connectivity index (χ2v) is 6.37. The summed E-state index contributed by atoms with van der Waals surface area (Å²) in [7, 11) is 0. The molecule has 0 bridgehead atoms. The van der Waals surface area contributed by atoms with Crippen LogP contribution in [0.1, 0.15) is 29.3 Å². The van der Waals surface area contributed by atoms with E-state index in [0.29, 0.717) is 6.61 Å². The Morgan fingerprint density at radius 2 is 2.16 bits per heavy atom. The van der Waals surface area contributed by atoms with Crippen molar-refractivity contribution in [1.82, 2.24) is 4.98 Å². The Labute approximate surface area is 118 Å². The van der Waals surface area contributed by atoms with Crippen molar-refractivity contribution in [2.24, 2.45) is 5.73 Å². The summed E-state index contributed by atoms with van der Waals surface area (Å²) in [4.78, 5) is 5.50. The number of aromatic nitrogens is 1. The van der Waals surface area contributed by atoms with Crippen LogP contribution >= 0.6 is 11.3 Å². The van der Waals surface area contributed by atoms with Crippen LogP contribution in [0, 0.1) is 6.92 Å². The second kappa shape index (κ2) is 5.72. The molecule has 3 nitrogen and oxygen atoms in total. The molecule has 0 atom stereocenters. The second-order valence-electron chi connectivity index (χ2n) is 5.25. The first-order valence-electron chi connectivity index (χ1n) is 6.39. The standard InChI is InChI=1S/C15H20N2OS/c1-11-5-4-6-12(9-11)18-8-7-14-17-10-13(19-14)15(2,3)16/h4-6,9-10H,7-8,16H2,1-3H3. The van der Waals surface area contributed by atoms with Gasteiger partial charge in [0.05, 0.1) is 11.6 Å². The first-order chi connectivity index (χ1) is 8.95. The Balaban J connectivity index is 1.88. The summed E-state index contributed by atoms with van der Waals surface area (Å²) in [6.07, 6.45) is 2.68. The highest BCUT2D eigenvalue weighted by molar-refractivity contribution is 7.11. The van der Waals surface area contributed by atoms with Gasteiger partial charge in [-0.25, -0.2) is 4.98 Å². The van der Waals surface area contributed by atoms with Crippen LogP contribution in [0.25, 0.3) is 0 Å². The number of rotatable bonds is 5. The van der Waals surface area contributed by atoms with E-state index in [9.17, 15) is 0 Å². The van der Waals surface area contributed by atoms with Gasteiger partial charge in [0.15, 0.2) is 0 Å². The zero-order valence-corrected chi connectivity index (χ0v) is 12.5. The minimum atomic E-state index is -0.312. The van der Waals surface area contributed by atoms with E-state index in [1.54, 1.807) is 11.3 Å². The number of hydrogen-bond donors (Lipinski definition) is 1. The summed E-state index contributed by atoms with van der Waals surface area (Å²) in [5, 5.41) is 1.07. The molecule has 19 heavy (non-hydrogen) atoms. The molecule has 0 aliphatic rings. The van der Waals surface area contributed by atoms with Gasteiger partial charge in [-0.1, -0.05) is 12.1 Å². The van der Waals surface area contributed by atoms with E-state index in [0.717, 1.165) is 22.1 Å². The van der Waals surface area contributed by atoms with Crippen molar-refractivity contribution in [2.45, 2.75) is 32.7 Å². The molecule has 0 radical (unpaired) electrons. The minimum absolute atomic E-state index is 0.312. The maximum atomic E-state index is 6.05. The van der Waals surface area contributed by atoms with E-state index in [-0.39, 0.29) is 5.54 Å².